The monoisotopic (exact) mass is 174 g/mol. The molecule has 1 aliphatic rings. The number of allylic oxidation sites excluding steroid dienone is 5. The van der Waals surface area contributed by atoms with Gasteiger partial charge in [-0.3, -0.25) is 0 Å². The molecule has 0 aliphatic heterocycles. The van der Waals surface area contributed by atoms with Crippen LogP contribution in [0.25, 0.3) is 0 Å². The predicted octanol–water partition coefficient (Wildman–Crippen LogP) is 4.03. The molecule has 0 bridgehead atoms. The van der Waals surface area contributed by atoms with E-state index in [0.29, 0.717) is 5.41 Å². The molecule has 1 fully saturated rings. The number of rotatable bonds is 4. The normalized spacial score (nSPS) is 18.6. The van der Waals surface area contributed by atoms with Crippen LogP contribution in [0, 0.1) is 5.41 Å². The van der Waals surface area contributed by atoms with Gasteiger partial charge >= 0.3 is 0 Å². The summed E-state index contributed by atoms with van der Waals surface area (Å²) in [6, 6.07) is 0. The van der Waals surface area contributed by atoms with E-state index in [2.05, 4.69) is 32.7 Å². The highest BCUT2D eigenvalue weighted by Gasteiger charge is 2.38. The van der Waals surface area contributed by atoms with Gasteiger partial charge in [0.15, 0.2) is 0 Å². The van der Waals surface area contributed by atoms with Gasteiger partial charge in [-0.2, -0.15) is 0 Å². The lowest BCUT2D eigenvalue weighted by molar-refractivity contribution is 0.712. The van der Waals surface area contributed by atoms with Gasteiger partial charge in [0.2, 0.25) is 0 Å². The van der Waals surface area contributed by atoms with Gasteiger partial charge in [-0.05, 0) is 36.3 Å². The smallest absolute Gasteiger partial charge is 0.00805 e. The molecule has 0 saturated heterocycles. The molecule has 1 rings (SSSR count). The standard InChI is InChI=1S/C13H18/c1-10(2)11(3)6-7-12(4)13(5)8-9-13/h6-7H,1,3-4,8-9H2,2,5H3. The van der Waals surface area contributed by atoms with Crippen molar-refractivity contribution in [1.82, 2.24) is 0 Å². The molecule has 70 valence electrons. The van der Waals surface area contributed by atoms with Gasteiger partial charge < -0.3 is 0 Å². The van der Waals surface area contributed by atoms with Crippen molar-refractivity contribution in [2.75, 3.05) is 0 Å². The Balaban J connectivity index is 2.53. The second-order valence-corrected chi connectivity index (χ2v) is 4.22. The van der Waals surface area contributed by atoms with Gasteiger partial charge in [0.05, 0.1) is 0 Å². The quantitative estimate of drug-likeness (QED) is 0.564. The summed E-state index contributed by atoms with van der Waals surface area (Å²) in [6.45, 7) is 16.0. The molecule has 0 aromatic rings. The van der Waals surface area contributed by atoms with E-state index in [1.165, 1.54) is 18.4 Å². The third kappa shape index (κ3) is 2.45. The largest absolute Gasteiger partial charge is 0.0955 e. The zero-order valence-electron chi connectivity index (χ0n) is 8.69. The summed E-state index contributed by atoms with van der Waals surface area (Å²) >= 11 is 0. The highest BCUT2D eigenvalue weighted by molar-refractivity contribution is 5.39. The molecule has 0 atom stereocenters. The number of hydrogen-bond donors (Lipinski definition) is 0. The third-order valence-corrected chi connectivity index (χ3v) is 2.81. The Labute approximate surface area is 81.4 Å². The summed E-state index contributed by atoms with van der Waals surface area (Å²) in [5.74, 6) is 0. The summed E-state index contributed by atoms with van der Waals surface area (Å²) < 4.78 is 0. The zero-order chi connectivity index (χ0) is 10.1. The van der Waals surface area contributed by atoms with Crippen molar-refractivity contribution in [1.29, 1.82) is 0 Å². The second kappa shape index (κ2) is 3.37. The minimum Gasteiger partial charge on any atom is -0.0955 e. The van der Waals surface area contributed by atoms with Crippen molar-refractivity contribution >= 4 is 0 Å². The molecule has 0 radical (unpaired) electrons. The fourth-order valence-corrected chi connectivity index (χ4v) is 1.05. The van der Waals surface area contributed by atoms with E-state index in [1.54, 1.807) is 0 Å². The Morgan fingerprint density at radius 2 is 1.69 bits per heavy atom. The van der Waals surface area contributed by atoms with E-state index >= 15 is 0 Å². The van der Waals surface area contributed by atoms with Gasteiger partial charge in [-0.25, -0.2) is 0 Å². The fourth-order valence-electron chi connectivity index (χ4n) is 1.05. The molecule has 1 saturated carbocycles. The van der Waals surface area contributed by atoms with Crippen molar-refractivity contribution in [2.24, 2.45) is 5.41 Å². The summed E-state index contributed by atoms with van der Waals surface area (Å²) in [4.78, 5) is 0. The Morgan fingerprint density at radius 3 is 2.08 bits per heavy atom. The SMILES string of the molecule is C=C(C)C(=C)C=CC(=C)C1(C)CC1. The lowest BCUT2D eigenvalue weighted by atomic mass is 9.98. The van der Waals surface area contributed by atoms with Gasteiger partial charge in [0.25, 0.3) is 0 Å². The first-order valence-corrected chi connectivity index (χ1v) is 4.68. The van der Waals surface area contributed by atoms with E-state index < -0.39 is 0 Å². The first kappa shape index (κ1) is 10.0. The van der Waals surface area contributed by atoms with Crippen LogP contribution in [0.2, 0.25) is 0 Å². The topological polar surface area (TPSA) is 0 Å². The Morgan fingerprint density at radius 1 is 1.15 bits per heavy atom. The highest BCUT2D eigenvalue weighted by atomic mass is 14.4. The zero-order valence-corrected chi connectivity index (χ0v) is 8.69. The van der Waals surface area contributed by atoms with Crippen molar-refractivity contribution < 1.29 is 0 Å². The van der Waals surface area contributed by atoms with E-state index in [-0.39, 0.29) is 0 Å². The van der Waals surface area contributed by atoms with Crippen LogP contribution in [0.3, 0.4) is 0 Å². The maximum atomic E-state index is 4.06. The molecule has 0 amide bonds. The molecule has 13 heavy (non-hydrogen) atoms. The first-order valence-electron chi connectivity index (χ1n) is 4.68. The minimum absolute atomic E-state index is 0.381. The molecular formula is C13H18. The maximum Gasteiger partial charge on any atom is -0.00805 e. The van der Waals surface area contributed by atoms with Gasteiger partial charge in [0.1, 0.15) is 0 Å². The summed E-state index contributed by atoms with van der Waals surface area (Å²) in [7, 11) is 0. The van der Waals surface area contributed by atoms with Gasteiger partial charge in [0, 0.05) is 0 Å². The molecule has 0 nitrogen and oxygen atoms in total. The minimum atomic E-state index is 0.381. The molecule has 0 N–H and O–H groups in total. The molecule has 0 aromatic carbocycles. The molecular weight excluding hydrogens is 156 g/mol. The lowest BCUT2D eigenvalue weighted by Crippen LogP contribution is -1.93. The van der Waals surface area contributed by atoms with E-state index in [1.807, 2.05) is 13.0 Å². The maximum absolute atomic E-state index is 4.06. The summed E-state index contributed by atoms with van der Waals surface area (Å²) in [6.07, 6.45) is 6.63. The second-order valence-electron chi connectivity index (χ2n) is 4.22. The van der Waals surface area contributed by atoms with Crippen LogP contribution in [0.5, 0.6) is 0 Å². The molecule has 1 aliphatic carbocycles. The third-order valence-electron chi connectivity index (χ3n) is 2.81. The van der Waals surface area contributed by atoms with Crippen molar-refractivity contribution in [3.8, 4) is 0 Å². The lowest BCUT2D eigenvalue weighted by Gasteiger charge is -2.07. The van der Waals surface area contributed by atoms with Crippen molar-refractivity contribution in [3.05, 3.63) is 48.6 Å². The Bertz CT molecular complexity index is 285. The molecule has 0 aromatic heterocycles. The predicted molar refractivity (Wildman–Crippen MR) is 59.6 cm³/mol. The van der Waals surface area contributed by atoms with Crippen molar-refractivity contribution in [2.45, 2.75) is 26.7 Å². The Kier molecular flexibility index (Phi) is 2.60. The summed E-state index contributed by atoms with van der Waals surface area (Å²) in [5.41, 5.74) is 3.61. The first-order chi connectivity index (χ1) is 5.96. The van der Waals surface area contributed by atoms with Crippen LogP contribution < -0.4 is 0 Å². The van der Waals surface area contributed by atoms with Crippen LogP contribution in [0.15, 0.2) is 48.6 Å². The Hall–Kier alpha value is -1.04. The van der Waals surface area contributed by atoms with E-state index in [0.717, 1.165) is 11.1 Å². The van der Waals surface area contributed by atoms with Crippen molar-refractivity contribution in [3.63, 3.8) is 0 Å². The van der Waals surface area contributed by atoms with Gasteiger partial charge in [-0.15, -0.1) is 0 Å². The van der Waals surface area contributed by atoms with E-state index in [4.69, 9.17) is 0 Å². The van der Waals surface area contributed by atoms with Crippen LogP contribution in [-0.4, -0.2) is 0 Å². The fraction of sp³-hybridized carbons (Fsp3) is 0.385. The van der Waals surface area contributed by atoms with Crippen LogP contribution in [0.4, 0.5) is 0 Å². The average molecular weight is 174 g/mol. The van der Waals surface area contributed by atoms with E-state index in [9.17, 15) is 0 Å². The van der Waals surface area contributed by atoms with Crippen LogP contribution >= 0.6 is 0 Å². The molecule has 0 spiro atoms. The van der Waals surface area contributed by atoms with Crippen LogP contribution in [0.1, 0.15) is 26.7 Å². The molecule has 0 heterocycles. The average Bonchev–Trinajstić information content (AvgIpc) is 2.79. The number of hydrogen-bond acceptors (Lipinski definition) is 0. The van der Waals surface area contributed by atoms with Crippen LogP contribution in [-0.2, 0) is 0 Å². The highest BCUT2D eigenvalue weighted by Crippen LogP contribution is 2.51. The van der Waals surface area contributed by atoms with Gasteiger partial charge in [-0.1, -0.05) is 44.4 Å². The molecule has 0 unspecified atom stereocenters. The molecule has 0 heteroatoms. The summed E-state index contributed by atoms with van der Waals surface area (Å²) in [5, 5.41) is 0.